The van der Waals surface area contributed by atoms with Crippen molar-refractivity contribution in [1.29, 1.82) is 0 Å². The van der Waals surface area contributed by atoms with Crippen LogP contribution in [0.15, 0.2) is 30.5 Å². The molecule has 2 aromatic rings. The number of rotatable bonds is 2. The Morgan fingerprint density at radius 3 is 2.93 bits per heavy atom. The van der Waals surface area contributed by atoms with Crippen LogP contribution in [-0.4, -0.2) is 11.0 Å². The van der Waals surface area contributed by atoms with E-state index in [0.29, 0.717) is 0 Å². The lowest BCUT2D eigenvalue weighted by molar-refractivity contribution is 0.727. The molecule has 78 valence electrons. The molecule has 0 aliphatic rings. The molecule has 0 fully saturated rings. The van der Waals surface area contributed by atoms with Gasteiger partial charge < -0.3 is 5.73 Å². The summed E-state index contributed by atoms with van der Waals surface area (Å²) in [6.45, 7) is 1.97. The van der Waals surface area contributed by atoms with Gasteiger partial charge in [-0.15, -0.1) is 0 Å². The second-order valence-corrected chi connectivity index (χ2v) is 4.18. The number of hydrogen-bond acceptors (Lipinski definition) is 2. The minimum absolute atomic E-state index is 0.0966. The van der Waals surface area contributed by atoms with Crippen molar-refractivity contribution in [2.75, 3.05) is 0 Å². The van der Waals surface area contributed by atoms with Crippen molar-refractivity contribution in [2.45, 2.75) is 19.4 Å². The summed E-state index contributed by atoms with van der Waals surface area (Å²) in [7, 11) is 0. The van der Waals surface area contributed by atoms with E-state index in [2.05, 4.69) is 4.98 Å². The summed E-state index contributed by atoms with van der Waals surface area (Å²) >= 11 is 6.16. The van der Waals surface area contributed by atoms with E-state index in [9.17, 15) is 0 Å². The van der Waals surface area contributed by atoms with Crippen LogP contribution in [0.2, 0.25) is 5.02 Å². The van der Waals surface area contributed by atoms with E-state index in [1.165, 1.54) is 0 Å². The first-order chi connectivity index (χ1) is 7.18. The lowest BCUT2D eigenvalue weighted by atomic mass is 10.1. The molecule has 0 amide bonds. The van der Waals surface area contributed by atoms with Crippen LogP contribution in [0.1, 0.15) is 12.6 Å². The summed E-state index contributed by atoms with van der Waals surface area (Å²) in [5.41, 5.74) is 6.76. The zero-order valence-electron chi connectivity index (χ0n) is 8.57. The lowest BCUT2D eigenvalue weighted by Gasteiger charge is -2.09. The molecule has 0 saturated carbocycles. The topological polar surface area (TPSA) is 38.9 Å². The minimum Gasteiger partial charge on any atom is -0.328 e. The molecule has 0 bridgehead atoms. The average molecular weight is 221 g/mol. The van der Waals surface area contributed by atoms with Gasteiger partial charge in [-0.25, -0.2) is 0 Å². The molecule has 0 spiro atoms. The Bertz CT molecular complexity index is 475. The summed E-state index contributed by atoms with van der Waals surface area (Å²) in [5, 5.41) is 2.89. The summed E-state index contributed by atoms with van der Waals surface area (Å²) in [4.78, 5) is 4.34. The van der Waals surface area contributed by atoms with E-state index < -0.39 is 0 Å². The number of hydrogen-bond donors (Lipinski definition) is 1. The van der Waals surface area contributed by atoms with Crippen molar-refractivity contribution in [3.05, 3.63) is 41.2 Å². The van der Waals surface area contributed by atoms with Crippen LogP contribution in [0, 0.1) is 0 Å². The molecule has 1 atom stereocenters. The quantitative estimate of drug-likeness (QED) is 0.846. The van der Waals surface area contributed by atoms with Crippen LogP contribution in [0.25, 0.3) is 10.8 Å². The molecule has 1 heterocycles. The highest BCUT2D eigenvalue weighted by molar-refractivity contribution is 6.35. The molecule has 2 rings (SSSR count). The van der Waals surface area contributed by atoms with Crippen LogP contribution < -0.4 is 5.73 Å². The Morgan fingerprint density at radius 2 is 2.20 bits per heavy atom. The summed E-state index contributed by atoms with van der Waals surface area (Å²) in [6.07, 6.45) is 2.55. The van der Waals surface area contributed by atoms with E-state index in [4.69, 9.17) is 17.3 Å². The van der Waals surface area contributed by atoms with Gasteiger partial charge in [-0.1, -0.05) is 23.7 Å². The van der Waals surface area contributed by atoms with Gasteiger partial charge in [0, 0.05) is 24.0 Å². The standard InChI is InChI=1S/C12H13ClN2/c1-8(14)7-11-12-9(5-6-15-11)3-2-4-10(12)13/h2-6,8H,7,14H2,1H3. The summed E-state index contributed by atoms with van der Waals surface area (Å²) in [5.74, 6) is 0. The van der Waals surface area contributed by atoms with E-state index in [1.807, 2.05) is 31.2 Å². The van der Waals surface area contributed by atoms with Gasteiger partial charge in [0.15, 0.2) is 0 Å². The van der Waals surface area contributed by atoms with Gasteiger partial charge in [-0.3, -0.25) is 4.98 Å². The Labute approximate surface area is 94.1 Å². The van der Waals surface area contributed by atoms with E-state index >= 15 is 0 Å². The summed E-state index contributed by atoms with van der Waals surface area (Å²) < 4.78 is 0. The molecule has 2 N–H and O–H groups in total. The van der Waals surface area contributed by atoms with Crippen LogP contribution in [0.4, 0.5) is 0 Å². The average Bonchev–Trinajstić information content (AvgIpc) is 2.17. The molecular weight excluding hydrogens is 208 g/mol. The fourth-order valence-electron chi connectivity index (χ4n) is 1.72. The van der Waals surface area contributed by atoms with Crippen LogP contribution in [-0.2, 0) is 6.42 Å². The third-order valence-electron chi connectivity index (χ3n) is 2.33. The molecule has 0 saturated heterocycles. The maximum Gasteiger partial charge on any atom is 0.0512 e. The molecule has 15 heavy (non-hydrogen) atoms. The molecule has 0 aliphatic heterocycles. The van der Waals surface area contributed by atoms with Gasteiger partial charge in [-0.2, -0.15) is 0 Å². The minimum atomic E-state index is 0.0966. The Morgan fingerprint density at radius 1 is 1.40 bits per heavy atom. The SMILES string of the molecule is CC(N)Cc1nccc2cccc(Cl)c12. The van der Waals surface area contributed by atoms with E-state index in [-0.39, 0.29) is 6.04 Å². The van der Waals surface area contributed by atoms with Crippen molar-refractivity contribution in [1.82, 2.24) is 4.98 Å². The summed E-state index contributed by atoms with van der Waals surface area (Å²) in [6, 6.07) is 7.93. The van der Waals surface area contributed by atoms with Crippen molar-refractivity contribution in [3.63, 3.8) is 0 Å². The van der Waals surface area contributed by atoms with Crippen LogP contribution in [0.5, 0.6) is 0 Å². The first-order valence-electron chi connectivity index (χ1n) is 4.96. The van der Waals surface area contributed by atoms with Crippen molar-refractivity contribution < 1.29 is 0 Å². The van der Waals surface area contributed by atoms with Crippen LogP contribution >= 0.6 is 11.6 Å². The predicted molar refractivity (Wildman–Crippen MR) is 64.1 cm³/mol. The number of benzene rings is 1. The molecule has 1 aromatic heterocycles. The van der Waals surface area contributed by atoms with E-state index in [1.54, 1.807) is 6.20 Å². The van der Waals surface area contributed by atoms with Gasteiger partial charge in [0.2, 0.25) is 0 Å². The molecular formula is C12H13ClN2. The fourth-order valence-corrected chi connectivity index (χ4v) is 2.01. The van der Waals surface area contributed by atoms with Gasteiger partial charge in [0.25, 0.3) is 0 Å². The normalized spacial score (nSPS) is 13.0. The maximum absolute atomic E-state index is 6.16. The smallest absolute Gasteiger partial charge is 0.0512 e. The fraction of sp³-hybridized carbons (Fsp3) is 0.250. The Hall–Kier alpha value is -1.12. The number of fused-ring (bicyclic) bond motifs is 1. The Kier molecular flexibility index (Phi) is 2.89. The monoisotopic (exact) mass is 220 g/mol. The van der Waals surface area contributed by atoms with Crippen molar-refractivity contribution >= 4 is 22.4 Å². The second kappa shape index (κ2) is 4.17. The Balaban J connectivity index is 2.63. The van der Waals surface area contributed by atoms with E-state index in [0.717, 1.165) is 27.9 Å². The van der Waals surface area contributed by atoms with Crippen molar-refractivity contribution in [2.24, 2.45) is 5.73 Å². The number of halogens is 1. The first kappa shape index (κ1) is 10.4. The number of nitrogens with zero attached hydrogens (tertiary/aromatic N) is 1. The molecule has 0 radical (unpaired) electrons. The molecule has 1 unspecified atom stereocenters. The number of pyridine rings is 1. The lowest BCUT2D eigenvalue weighted by Crippen LogP contribution is -2.18. The van der Waals surface area contributed by atoms with Gasteiger partial charge in [-0.05, 0) is 24.4 Å². The highest BCUT2D eigenvalue weighted by Gasteiger charge is 2.07. The molecule has 1 aromatic carbocycles. The third kappa shape index (κ3) is 2.11. The number of aromatic nitrogens is 1. The molecule has 0 aliphatic carbocycles. The highest BCUT2D eigenvalue weighted by atomic mass is 35.5. The molecule has 3 heteroatoms. The predicted octanol–water partition coefficient (Wildman–Crippen LogP) is 2.78. The van der Waals surface area contributed by atoms with Gasteiger partial charge in [0.05, 0.1) is 10.7 Å². The molecule has 2 nitrogen and oxygen atoms in total. The highest BCUT2D eigenvalue weighted by Crippen LogP contribution is 2.25. The van der Waals surface area contributed by atoms with Gasteiger partial charge in [0.1, 0.15) is 0 Å². The van der Waals surface area contributed by atoms with Gasteiger partial charge >= 0.3 is 0 Å². The van der Waals surface area contributed by atoms with Crippen LogP contribution in [0.3, 0.4) is 0 Å². The zero-order valence-corrected chi connectivity index (χ0v) is 9.33. The van der Waals surface area contributed by atoms with Crippen molar-refractivity contribution in [3.8, 4) is 0 Å². The second-order valence-electron chi connectivity index (χ2n) is 3.78. The largest absolute Gasteiger partial charge is 0.328 e. The first-order valence-corrected chi connectivity index (χ1v) is 5.34. The number of nitrogens with two attached hydrogens (primary N) is 1. The third-order valence-corrected chi connectivity index (χ3v) is 2.65. The zero-order chi connectivity index (χ0) is 10.8. The maximum atomic E-state index is 6.16.